The lowest BCUT2D eigenvalue weighted by Crippen LogP contribution is -2.18. The van der Waals surface area contributed by atoms with Crippen LogP contribution in [0.25, 0.3) is 5.69 Å². The molecule has 0 fully saturated rings. The Morgan fingerprint density at radius 2 is 2.00 bits per heavy atom. The molecule has 1 aromatic heterocycles. The van der Waals surface area contributed by atoms with Gasteiger partial charge in [0, 0.05) is 12.0 Å². The van der Waals surface area contributed by atoms with Gasteiger partial charge in [-0.2, -0.15) is 5.10 Å². The Morgan fingerprint density at radius 3 is 2.67 bits per heavy atom. The molecule has 1 N–H and O–H groups in total. The van der Waals surface area contributed by atoms with Gasteiger partial charge in [0.05, 0.1) is 22.9 Å². The Labute approximate surface area is 141 Å². The van der Waals surface area contributed by atoms with Crippen molar-refractivity contribution in [2.75, 3.05) is 5.32 Å². The summed E-state index contributed by atoms with van der Waals surface area (Å²) in [7, 11) is -3.18. The molecule has 0 spiro atoms. The van der Waals surface area contributed by atoms with Gasteiger partial charge in [-0.3, -0.25) is 4.79 Å². The van der Waals surface area contributed by atoms with E-state index in [1.807, 2.05) is 45.0 Å². The van der Waals surface area contributed by atoms with Crippen molar-refractivity contribution >= 4 is 21.6 Å². The Hall–Kier alpha value is -2.15. The number of hydrogen-bond donors (Lipinski definition) is 1. The lowest BCUT2D eigenvalue weighted by Gasteiger charge is -2.13. The number of carbonyl (C=O) groups is 1. The van der Waals surface area contributed by atoms with Crippen molar-refractivity contribution in [2.45, 2.75) is 38.7 Å². The summed E-state index contributed by atoms with van der Waals surface area (Å²) in [4.78, 5) is 12.2. The van der Waals surface area contributed by atoms with Crippen LogP contribution in [0, 0.1) is 12.8 Å². The van der Waals surface area contributed by atoms with Crippen LogP contribution in [0.15, 0.2) is 24.3 Å². The zero-order chi connectivity index (χ0) is 17.5. The number of amides is 1. The molecule has 1 aromatic carbocycles. The minimum absolute atomic E-state index is 0.0751. The number of carbonyl (C=O) groups excluding carboxylic acids is 1. The van der Waals surface area contributed by atoms with Gasteiger partial charge in [-0.1, -0.05) is 32.0 Å². The molecule has 0 saturated carbocycles. The molecule has 128 valence electrons. The van der Waals surface area contributed by atoms with E-state index in [-0.39, 0.29) is 23.3 Å². The first-order valence-corrected chi connectivity index (χ1v) is 9.76. The lowest BCUT2D eigenvalue weighted by molar-refractivity contribution is -0.116. The first-order chi connectivity index (χ1) is 11.3. The van der Waals surface area contributed by atoms with E-state index >= 15 is 0 Å². The van der Waals surface area contributed by atoms with Gasteiger partial charge in [0.15, 0.2) is 9.84 Å². The summed E-state index contributed by atoms with van der Waals surface area (Å²) >= 11 is 0. The summed E-state index contributed by atoms with van der Waals surface area (Å²) in [6.07, 6.45) is 0.375. The van der Waals surface area contributed by atoms with Crippen LogP contribution in [0.2, 0.25) is 0 Å². The molecule has 7 heteroatoms. The van der Waals surface area contributed by atoms with Gasteiger partial charge in [0.1, 0.15) is 5.82 Å². The van der Waals surface area contributed by atoms with Gasteiger partial charge in [0.25, 0.3) is 0 Å². The standard InChI is InChI=1S/C17H21N3O3S/c1-11(2)8-16(21)18-17-13-9-24(22,23)10-14(13)19-20(17)15-7-5-4-6-12(15)3/h4-7,11H,8-10H2,1-3H3,(H,18,21). The quantitative estimate of drug-likeness (QED) is 0.922. The Bertz CT molecular complexity index is 898. The molecule has 0 unspecified atom stereocenters. The summed E-state index contributed by atoms with van der Waals surface area (Å²) in [6, 6.07) is 7.69. The third kappa shape index (κ3) is 3.21. The number of rotatable bonds is 4. The molecule has 1 aliphatic heterocycles. The van der Waals surface area contributed by atoms with Gasteiger partial charge in [0.2, 0.25) is 5.91 Å². The first-order valence-electron chi connectivity index (χ1n) is 7.94. The van der Waals surface area contributed by atoms with Crippen molar-refractivity contribution in [1.29, 1.82) is 0 Å². The molecule has 6 nitrogen and oxygen atoms in total. The smallest absolute Gasteiger partial charge is 0.225 e. The molecule has 0 saturated heterocycles. The van der Waals surface area contributed by atoms with E-state index in [4.69, 9.17) is 0 Å². The number of hydrogen-bond acceptors (Lipinski definition) is 4. The monoisotopic (exact) mass is 347 g/mol. The predicted octanol–water partition coefficient (Wildman–Crippen LogP) is 2.59. The fourth-order valence-electron chi connectivity index (χ4n) is 2.90. The molecule has 2 heterocycles. The zero-order valence-corrected chi connectivity index (χ0v) is 14.9. The predicted molar refractivity (Wildman–Crippen MR) is 92.7 cm³/mol. The van der Waals surface area contributed by atoms with Crippen molar-refractivity contribution in [1.82, 2.24) is 9.78 Å². The third-order valence-electron chi connectivity index (χ3n) is 3.98. The van der Waals surface area contributed by atoms with Crippen LogP contribution < -0.4 is 5.32 Å². The Balaban J connectivity index is 2.07. The molecule has 0 atom stereocenters. The number of nitrogens with zero attached hydrogens (tertiary/aromatic N) is 2. The van der Waals surface area contributed by atoms with Gasteiger partial charge in [-0.15, -0.1) is 0 Å². The maximum Gasteiger partial charge on any atom is 0.225 e. The van der Waals surface area contributed by atoms with Crippen LogP contribution in [0.1, 0.15) is 37.1 Å². The highest BCUT2D eigenvalue weighted by Gasteiger charge is 2.33. The minimum atomic E-state index is -3.18. The Kier molecular flexibility index (Phi) is 4.21. The molecule has 0 bridgehead atoms. The van der Waals surface area contributed by atoms with E-state index in [0.29, 0.717) is 23.5 Å². The molecule has 1 amide bonds. The van der Waals surface area contributed by atoms with Crippen molar-refractivity contribution in [3.8, 4) is 5.69 Å². The molecular weight excluding hydrogens is 326 g/mol. The number of fused-ring (bicyclic) bond motifs is 1. The van der Waals surface area contributed by atoms with Crippen molar-refractivity contribution in [3.05, 3.63) is 41.1 Å². The van der Waals surface area contributed by atoms with Crippen LogP contribution in [-0.2, 0) is 26.1 Å². The summed E-state index contributed by atoms with van der Waals surface area (Å²) in [5.74, 6) is 0.411. The van der Waals surface area contributed by atoms with Crippen molar-refractivity contribution < 1.29 is 13.2 Å². The van der Waals surface area contributed by atoms with E-state index in [1.54, 1.807) is 4.68 Å². The number of aromatic nitrogens is 2. The van der Waals surface area contributed by atoms with Crippen LogP contribution >= 0.6 is 0 Å². The van der Waals surface area contributed by atoms with Crippen molar-refractivity contribution in [3.63, 3.8) is 0 Å². The minimum Gasteiger partial charge on any atom is -0.310 e. The second kappa shape index (κ2) is 6.05. The normalized spacial score (nSPS) is 15.5. The van der Waals surface area contributed by atoms with E-state index in [1.165, 1.54) is 0 Å². The fraction of sp³-hybridized carbons (Fsp3) is 0.412. The molecule has 0 aliphatic carbocycles. The van der Waals surface area contributed by atoms with Gasteiger partial charge < -0.3 is 5.32 Å². The average Bonchev–Trinajstić information content (AvgIpc) is 2.92. The number of benzene rings is 1. The Morgan fingerprint density at radius 1 is 1.29 bits per heavy atom. The van der Waals surface area contributed by atoms with E-state index in [2.05, 4.69) is 10.4 Å². The molecule has 0 radical (unpaired) electrons. The van der Waals surface area contributed by atoms with Gasteiger partial charge in [-0.25, -0.2) is 13.1 Å². The topological polar surface area (TPSA) is 81.1 Å². The number of para-hydroxylation sites is 1. The highest BCUT2D eigenvalue weighted by atomic mass is 32.2. The second-order valence-electron chi connectivity index (χ2n) is 6.65. The van der Waals surface area contributed by atoms with Crippen molar-refractivity contribution in [2.24, 2.45) is 5.92 Å². The molecular formula is C17H21N3O3S. The zero-order valence-electron chi connectivity index (χ0n) is 14.0. The van der Waals surface area contributed by atoms with E-state index in [0.717, 1.165) is 11.3 Å². The number of nitrogens with one attached hydrogen (secondary N) is 1. The molecule has 24 heavy (non-hydrogen) atoms. The van der Waals surface area contributed by atoms with E-state index < -0.39 is 9.84 Å². The van der Waals surface area contributed by atoms with E-state index in [9.17, 15) is 13.2 Å². The molecule has 2 aromatic rings. The maximum absolute atomic E-state index is 12.2. The number of sulfone groups is 1. The number of aryl methyl sites for hydroxylation is 1. The molecule has 3 rings (SSSR count). The largest absolute Gasteiger partial charge is 0.310 e. The summed E-state index contributed by atoms with van der Waals surface area (Å²) in [5, 5.41) is 7.36. The lowest BCUT2D eigenvalue weighted by atomic mass is 10.1. The van der Waals surface area contributed by atoms with Gasteiger partial charge in [-0.05, 0) is 24.5 Å². The molecule has 1 aliphatic rings. The summed E-state index contributed by atoms with van der Waals surface area (Å²) < 4.78 is 25.5. The first kappa shape index (κ1) is 16.7. The summed E-state index contributed by atoms with van der Waals surface area (Å²) in [6.45, 7) is 5.89. The highest BCUT2D eigenvalue weighted by molar-refractivity contribution is 7.90. The fourth-order valence-corrected chi connectivity index (χ4v) is 4.39. The SMILES string of the molecule is Cc1ccccc1-n1nc2c(c1NC(=O)CC(C)C)CS(=O)(=O)C2. The van der Waals surface area contributed by atoms with Gasteiger partial charge >= 0.3 is 0 Å². The number of anilines is 1. The van der Waals surface area contributed by atoms with Crippen LogP contribution in [-0.4, -0.2) is 24.1 Å². The highest BCUT2D eigenvalue weighted by Crippen LogP contribution is 2.33. The van der Waals surface area contributed by atoms with Crippen LogP contribution in [0.3, 0.4) is 0 Å². The maximum atomic E-state index is 12.2. The average molecular weight is 347 g/mol. The van der Waals surface area contributed by atoms with Crippen LogP contribution in [0.4, 0.5) is 5.82 Å². The van der Waals surface area contributed by atoms with Crippen LogP contribution in [0.5, 0.6) is 0 Å². The second-order valence-corrected chi connectivity index (χ2v) is 8.72. The third-order valence-corrected chi connectivity index (χ3v) is 5.42. The summed E-state index contributed by atoms with van der Waals surface area (Å²) in [5.41, 5.74) is 2.97.